The minimum absolute atomic E-state index is 0.0873. The van der Waals surface area contributed by atoms with Gasteiger partial charge < -0.3 is 10.4 Å². The molecule has 1 atom stereocenters. The average Bonchev–Trinajstić information content (AvgIpc) is 3.01. The smallest absolute Gasteiger partial charge is 0.220 e. The molecular formula is C20H30N2O2. The number of aliphatic hydroxyl groups is 1. The molecule has 1 saturated carbocycles. The monoisotopic (exact) mass is 330 g/mol. The highest BCUT2D eigenvalue weighted by molar-refractivity contribution is 5.75. The molecule has 2 N–H and O–H groups in total. The summed E-state index contributed by atoms with van der Waals surface area (Å²) >= 11 is 0. The quantitative estimate of drug-likeness (QED) is 0.808. The number of rotatable bonds is 7. The molecule has 4 nitrogen and oxygen atoms in total. The zero-order valence-electron chi connectivity index (χ0n) is 14.5. The van der Waals surface area contributed by atoms with E-state index < -0.39 is 6.10 Å². The van der Waals surface area contributed by atoms with E-state index in [1.165, 1.54) is 43.2 Å². The Labute approximate surface area is 145 Å². The van der Waals surface area contributed by atoms with Crippen molar-refractivity contribution in [3.8, 4) is 0 Å². The lowest BCUT2D eigenvalue weighted by Crippen LogP contribution is -2.38. The van der Waals surface area contributed by atoms with Crippen LogP contribution >= 0.6 is 0 Å². The number of β-amino-alcohol motifs (C(OH)–C–C–N with tert-alkyl or cyclic N) is 1. The topological polar surface area (TPSA) is 52.6 Å². The average molecular weight is 330 g/mol. The molecule has 24 heavy (non-hydrogen) atoms. The SMILES string of the molecule is O=C(CCC1CCCCC1)NCC(O)CN1Cc2ccccc2C1. The molecule has 0 aromatic heterocycles. The summed E-state index contributed by atoms with van der Waals surface area (Å²) in [5, 5.41) is 13.1. The van der Waals surface area contributed by atoms with Crippen LogP contribution in [-0.2, 0) is 17.9 Å². The van der Waals surface area contributed by atoms with Crippen molar-refractivity contribution in [2.75, 3.05) is 13.1 Å². The summed E-state index contributed by atoms with van der Waals surface area (Å²) in [4.78, 5) is 14.2. The first-order valence-electron chi connectivity index (χ1n) is 9.44. The number of fused-ring (bicyclic) bond motifs is 1. The molecule has 1 aromatic carbocycles. The van der Waals surface area contributed by atoms with E-state index in [0.29, 0.717) is 19.5 Å². The second-order valence-corrected chi connectivity index (χ2v) is 7.44. The largest absolute Gasteiger partial charge is 0.390 e. The van der Waals surface area contributed by atoms with Gasteiger partial charge in [-0.05, 0) is 23.5 Å². The standard InChI is InChI=1S/C20H30N2O2/c23-19(15-22-13-17-8-4-5-9-18(17)14-22)12-21-20(24)11-10-16-6-2-1-3-7-16/h4-5,8-9,16,19,23H,1-3,6-7,10-15H2,(H,21,24). The van der Waals surface area contributed by atoms with Crippen LogP contribution in [0.2, 0.25) is 0 Å². The lowest BCUT2D eigenvalue weighted by molar-refractivity contribution is -0.122. The van der Waals surface area contributed by atoms with Gasteiger partial charge >= 0.3 is 0 Å². The zero-order valence-corrected chi connectivity index (χ0v) is 14.5. The van der Waals surface area contributed by atoms with Crippen LogP contribution in [-0.4, -0.2) is 35.1 Å². The van der Waals surface area contributed by atoms with Crippen LogP contribution in [0.5, 0.6) is 0 Å². The molecule has 2 aliphatic rings. The van der Waals surface area contributed by atoms with Crippen molar-refractivity contribution < 1.29 is 9.90 Å². The summed E-state index contributed by atoms with van der Waals surface area (Å²) in [5.41, 5.74) is 2.70. The molecule has 0 saturated heterocycles. The molecule has 1 aliphatic carbocycles. The highest BCUT2D eigenvalue weighted by atomic mass is 16.3. The summed E-state index contributed by atoms with van der Waals surface area (Å²) in [6, 6.07) is 8.42. The van der Waals surface area contributed by atoms with Gasteiger partial charge in [0.1, 0.15) is 0 Å². The maximum absolute atomic E-state index is 12.0. The first-order valence-corrected chi connectivity index (χ1v) is 9.44. The molecule has 1 unspecified atom stereocenters. The van der Waals surface area contributed by atoms with E-state index in [-0.39, 0.29) is 5.91 Å². The van der Waals surface area contributed by atoms with Crippen molar-refractivity contribution >= 4 is 5.91 Å². The fourth-order valence-electron chi connectivity index (χ4n) is 4.03. The Morgan fingerprint density at radius 2 is 1.83 bits per heavy atom. The van der Waals surface area contributed by atoms with Crippen molar-refractivity contribution in [2.45, 2.75) is 64.1 Å². The molecule has 1 aromatic rings. The van der Waals surface area contributed by atoms with E-state index in [1.807, 2.05) is 0 Å². The van der Waals surface area contributed by atoms with Crippen LogP contribution in [0.1, 0.15) is 56.1 Å². The van der Waals surface area contributed by atoms with Crippen LogP contribution in [0.15, 0.2) is 24.3 Å². The minimum Gasteiger partial charge on any atom is -0.390 e. The van der Waals surface area contributed by atoms with Gasteiger partial charge in [0.05, 0.1) is 6.10 Å². The number of hydrogen-bond acceptors (Lipinski definition) is 3. The highest BCUT2D eigenvalue weighted by Gasteiger charge is 2.21. The number of nitrogens with one attached hydrogen (secondary N) is 1. The van der Waals surface area contributed by atoms with Gasteiger partial charge in [0, 0.05) is 32.6 Å². The molecule has 0 bridgehead atoms. The third-order valence-electron chi connectivity index (χ3n) is 5.41. The van der Waals surface area contributed by atoms with Gasteiger partial charge in [0.2, 0.25) is 5.91 Å². The van der Waals surface area contributed by atoms with Gasteiger partial charge in [-0.25, -0.2) is 0 Å². The molecule has 3 rings (SSSR count). The van der Waals surface area contributed by atoms with Gasteiger partial charge in [0.25, 0.3) is 0 Å². The first kappa shape index (κ1) is 17.4. The Bertz CT molecular complexity index is 515. The Balaban J connectivity index is 1.31. The van der Waals surface area contributed by atoms with Crippen LogP contribution in [0.4, 0.5) is 0 Å². The molecule has 1 heterocycles. The highest BCUT2D eigenvalue weighted by Crippen LogP contribution is 2.27. The van der Waals surface area contributed by atoms with Crippen molar-refractivity contribution in [1.82, 2.24) is 10.2 Å². The zero-order chi connectivity index (χ0) is 16.8. The third kappa shape index (κ3) is 5.05. The molecular weight excluding hydrogens is 300 g/mol. The Morgan fingerprint density at radius 3 is 2.50 bits per heavy atom. The van der Waals surface area contributed by atoms with E-state index in [1.54, 1.807) is 0 Å². The molecule has 0 radical (unpaired) electrons. The molecule has 1 fully saturated rings. The van der Waals surface area contributed by atoms with E-state index in [2.05, 4.69) is 34.5 Å². The van der Waals surface area contributed by atoms with Crippen LogP contribution < -0.4 is 5.32 Å². The molecule has 132 valence electrons. The molecule has 4 heteroatoms. The fraction of sp³-hybridized carbons (Fsp3) is 0.650. The van der Waals surface area contributed by atoms with E-state index in [0.717, 1.165) is 25.4 Å². The first-order chi connectivity index (χ1) is 11.7. The number of amides is 1. The Kier molecular flexibility index (Phi) is 6.27. The van der Waals surface area contributed by atoms with E-state index in [9.17, 15) is 9.90 Å². The van der Waals surface area contributed by atoms with Gasteiger partial charge in [-0.2, -0.15) is 0 Å². The molecule has 1 amide bonds. The second-order valence-electron chi connectivity index (χ2n) is 7.44. The summed E-state index contributed by atoms with van der Waals surface area (Å²) in [7, 11) is 0. The Hall–Kier alpha value is -1.39. The van der Waals surface area contributed by atoms with Crippen molar-refractivity contribution in [2.24, 2.45) is 5.92 Å². The predicted molar refractivity (Wildman–Crippen MR) is 95.4 cm³/mol. The van der Waals surface area contributed by atoms with E-state index >= 15 is 0 Å². The predicted octanol–water partition coefficient (Wildman–Crippen LogP) is 2.84. The number of nitrogens with zero attached hydrogens (tertiary/aromatic N) is 1. The summed E-state index contributed by atoms with van der Waals surface area (Å²) < 4.78 is 0. The summed E-state index contributed by atoms with van der Waals surface area (Å²) in [5.74, 6) is 0.821. The maximum Gasteiger partial charge on any atom is 0.220 e. The maximum atomic E-state index is 12.0. The van der Waals surface area contributed by atoms with Gasteiger partial charge in [-0.1, -0.05) is 56.4 Å². The lowest BCUT2D eigenvalue weighted by atomic mass is 9.86. The number of aliphatic hydroxyl groups excluding tert-OH is 1. The van der Waals surface area contributed by atoms with Gasteiger partial charge in [-0.3, -0.25) is 9.69 Å². The summed E-state index contributed by atoms with van der Waals surface area (Å²) in [6.07, 6.45) is 7.67. The van der Waals surface area contributed by atoms with Crippen molar-refractivity contribution in [3.05, 3.63) is 35.4 Å². The second kappa shape index (κ2) is 8.63. The lowest BCUT2D eigenvalue weighted by Gasteiger charge is -2.22. The molecule has 1 aliphatic heterocycles. The third-order valence-corrected chi connectivity index (χ3v) is 5.41. The fourth-order valence-corrected chi connectivity index (χ4v) is 4.03. The van der Waals surface area contributed by atoms with Crippen LogP contribution in [0.3, 0.4) is 0 Å². The van der Waals surface area contributed by atoms with Crippen LogP contribution in [0, 0.1) is 5.92 Å². The number of carbonyl (C=O) groups excluding carboxylic acids is 1. The molecule has 0 spiro atoms. The van der Waals surface area contributed by atoms with Crippen LogP contribution in [0.25, 0.3) is 0 Å². The minimum atomic E-state index is -0.502. The van der Waals surface area contributed by atoms with E-state index in [4.69, 9.17) is 0 Å². The van der Waals surface area contributed by atoms with Crippen molar-refractivity contribution in [3.63, 3.8) is 0 Å². The number of hydrogen-bond donors (Lipinski definition) is 2. The van der Waals surface area contributed by atoms with Gasteiger partial charge in [0.15, 0.2) is 0 Å². The Morgan fingerprint density at radius 1 is 1.17 bits per heavy atom. The van der Waals surface area contributed by atoms with Gasteiger partial charge in [-0.15, -0.1) is 0 Å². The van der Waals surface area contributed by atoms with Crippen molar-refractivity contribution in [1.29, 1.82) is 0 Å². The number of benzene rings is 1. The number of carbonyl (C=O) groups is 1. The normalized spacial score (nSPS) is 19.9. The summed E-state index contributed by atoms with van der Waals surface area (Å²) in [6.45, 7) is 2.75.